The third kappa shape index (κ3) is 5.71. The SMILES string of the molecule is O=C1C(=Cc2ccc(OCCOc3ccccc3)c(Cl)c2)SC(=S)N1Cc1ccccc1. The van der Waals surface area contributed by atoms with Crippen LogP contribution in [0.1, 0.15) is 11.1 Å². The van der Waals surface area contributed by atoms with Gasteiger partial charge in [-0.15, -0.1) is 0 Å². The maximum atomic E-state index is 12.8. The summed E-state index contributed by atoms with van der Waals surface area (Å²) in [7, 11) is 0. The summed E-state index contributed by atoms with van der Waals surface area (Å²) in [6.07, 6.45) is 1.80. The van der Waals surface area contributed by atoms with E-state index in [4.69, 9.17) is 33.3 Å². The van der Waals surface area contributed by atoms with Crippen molar-refractivity contribution in [2.24, 2.45) is 0 Å². The van der Waals surface area contributed by atoms with Crippen LogP contribution in [0.15, 0.2) is 83.8 Å². The maximum absolute atomic E-state index is 12.8. The Hall–Kier alpha value is -2.80. The van der Waals surface area contributed by atoms with E-state index in [-0.39, 0.29) is 5.91 Å². The van der Waals surface area contributed by atoms with Gasteiger partial charge in [0.15, 0.2) is 0 Å². The first-order chi connectivity index (χ1) is 15.6. The van der Waals surface area contributed by atoms with E-state index < -0.39 is 0 Å². The summed E-state index contributed by atoms with van der Waals surface area (Å²) in [5.74, 6) is 1.26. The number of thiocarbonyl (C=S) groups is 1. The van der Waals surface area contributed by atoms with Gasteiger partial charge < -0.3 is 9.47 Å². The average Bonchev–Trinajstić information content (AvgIpc) is 3.06. The first-order valence-electron chi connectivity index (χ1n) is 9.99. The van der Waals surface area contributed by atoms with Crippen LogP contribution in [0.5, 0.6) is 11.5 Å². The van der Waals surface area contributed by atoms with Gasteiger partial charge in [-0.2, -0.15) is 0 Å². The van der Waals surface area contributed by atoms with Crippen LogP contribution < -0.4 is 9.47 Å². The van der Waals surface area contributed by atoms with Gasteiger partial charge in [0.1, 0.15) is 29.0 Å². The molecule has 0 aromatic heterocycles. The minimum absolute atomic E-state index is 0.0987. The molecule has 0 atom stereocenters. The van der Waals surface area contributed by atoms with Crippen LogP contribution in [0.3, 0.4) is 0 Å². The van der Waals surface area contributed by atoms with Crippen LogP contribution in [0.2, 0.25) is 5.02 Å². The number of nitrogens with zero attached hydrogens (tertiary/aromatic N) is 1. The normalized spacial score (nSPS) is 14.8. The molecule has 4 nitrogen and oxygen atoms in total. The van der Waals surface area contributed by atoms with E-state index in [2.05, 4.69) is 0 Å². The van der Waals surface area contributed by atoms with E-state index in [0.717, 1.165) is 16.9 Å². The lowest BCUT2D eigenvalue weighted by Crippen LogP contribution is -2.27. The maximum Gasteiger partial charge on any atom is 0.266 e. The molecule has 0 bridgehead atoms. The van der Waals surface area contributed by atoms with Crippen molar-refractivity contribution in [3.8, 4) is 11.5 Å². The Kier molecular flexibility index (Phi) is 7.47. The number of benzene rings is 3. The lowest BCUT2D eigenvalue weighted by atomic mass is 10.2. The Morgan fingerprint density at radius 1 is 0.938 bits per heavy atom. The number of para-hydroxylation sites is 1. The molecule has 0 aliphatic carbocycles. The molecule has 3 aromatic rings. The standard InChI is InChI=1S/C25H20ClNO3S2/c26-21-15-19(11-12-22(21)30-14-13-29-20-9-5-2-6-10-20)16-23-24(28)27(25(31)32-23)17-18-7-3-1-4-8-18/h1-12,15-16H,13-14,17H2. The third-order valence-corrected chi connectivity index (χ3v) is 6.34. The summed E-state index contributed by atoms with van der Waals surface area (Å²) in [6, 6.07) is 24.8. The van der Waals surface area contributed by atoms with Gasteiger partial charge >= 0.3 is 0 Å². The quantitative estimate of drug-likeness (QED) is 0.217. The molecule has 1 aliphatic rings. The monoisotopic (exact) mass is 481 g/mol. The first kappa shape index (κ1) is 22.4. The minimum Gasteiger partial charge on any atom is -0.490 e. The number of halogens is 1. The van der Waals surface area contributed by atoms with Gasteiger partial charge in [-0.05, 0) is 41.5 Å². The van der Waals surface area contributed by atoms with E-state index in [1.54, 1.807) is 23.1 Å². The fourth-order valence-electron chi connectivity index (χ4n) is 3.11. The molecule has 4 rings (SSSR count). The zero-order valence-corrected chi connectivity index (χ0v) is 19.5. The van der Waals surface area contributed by atoms with Crippen molar-refractivity contribution in [2.75, 3.05) is 13.2 Å². The molecule has 1 heterocycles. The fourth-order valence-corrected chi connectivity index (χ4v) is 4.60. The molecule has 1 aliphatic heterocycles. The van der Waals surface area contributed by atoms with E-state index in [1.165, 1.54) is 11.8 Å². The lowest BCUT2D eigenvalue weighted by molar-refractivity contribution is -0.122. The minimum atomic E-state index is -0.0987. The van der Waals surface area contributed by atoms with E-state index >= 15 is 0 Å². The van der Waals surface area contributed by atoms with Crippen molar-refractivity contribution in [1.82, 2.24) is 4.90 Å². The molecular weight excluding hydrogens is 462 g/mol. The molecule has 32 heavy (non-hydrogen) atoms. The van der Waals surface area contributed by atoms with Crippen molar-refractivity contribution in [3.05, 3.63) is 99.9 Å². The highest BCUT2D eigenvalue weighted by Crippen LogP contribution is 2.35. The second-order valence-corrected chi connectivity index (χ2v) is 9.04. The van der Waals surface area contributed by atoms with Crippen molar-refractivity contribution in [3.63, 3.8) is 0 Å². The molecule has 1 amide bonds. The smallest absolute Gasteiger partial charge is 0.266 e. The molecule has 0 radical (unpaired) electrons. The predicted molar refractivity (Wildman–Crippen MR) is 134 cm³/mol. The van der Waals surface area contributed by atoms with Crippen LogP contribution >= 0.6 is 35.6 Å². The summed E-state index contributed by atoms with van der Waals surface area (Å²) in [5, 5.41) is 0.471. The molecule has 3 aromatic carbocycles. The molecule has 0 N–H and O–H groups in total. The van der Waals surface area contributed by atoms with Gasteiger partial charge in [-0.3, -0.25) is 9.69 Å². The number of thioether (sulfide) groups is 1. The van der Waals surface area contributed by atoms with Crippen molar-refractivity contribution in [2.45, 2.75) is 6.54 Å². The summed E-state index contributed by atoms with van der Waals surface area (Å²) >= 11 is 13.1. The molecule has 7 heteroatoms. The van der Waals surface area contributed by atoms with Gasteiger partial charge in [0.05, 0.1) is 16.5 Å². The van der Waals surface area contributed by atoms with Gasteiger partial charge in [0.2, 0.25) is 0 Å². The Morgan fingerprint density at radius 2 is 1.62 bits per heavy atom. The van der Waals surface area contributed by atoms with Crippen LogP contribution in [-0.2, 0) is 11.3 Å². The van der Waals surface area contributed by atoms with Crippen LogP contribution in [0.4, 0.5) is 0 Å². The lowest BCUT2D eigenvalue weighted by Gasteiger charge is -2.14. The summed E-state index contributed by atoms with van der Waals surface area (Å²) in [4.78, 5) is 15.0. The Labute approximate surface area is 201 Å². The molecule has 0 saturated carbocycles. The number of carbonyl (C=O) groups excluding carboxylic acids is 1. The first-order valence-corrected chi connectivity index (χ1v) is 11.6. The van der Waals surface area contributed by atoms with Crippen molar-refractivity contribution in [1.29, 1.82) is 0 Å². The number of hydrogen-bond donors (Lipinski definition) is 0. The second kappa shape index (κ2) is 10.7. The van der Waals surface area contributed by atoms with Crippen LogP contribution in [-0.4, -0.2) is 28.3 Å². The van der Waals surface area contributed by atoms with Gasteiger partial charge in [0, 0.05) is 0 Å². The average molecular weight is 482 g/mol. The van der Waals surface area contributed by atoms with E-state index in [0.29, 0.717) is 39.8 Å². The van der Waals surface area contributed by atoms with Crippen LogP contribution in [0.25, 0.3) is 6.08 Å². The fraction of sp³-hybridized carbons (Fsp3) is 0.120. The largest absolute Gasteiger partial charge is 0.490 e. The highest BCUT2D eigenvalue weighted by molar-refractivity contribution is 8.26. The molecule has 1 saturated heterocycles. The Bertz CT molecular complexity index is 1140. The van der Waals surface area contributed by atoms with E-state index in [1.807, 2.05) is 66.7 Å². The molecule has 162 valence electrons. The predicted octanol–water partition coefficient (Wildman–Crippen LogP) is 6.20. The summed E-state index contributed by atoms with van der Waals surface area (Å²) in [5.41, 5.74) is 1.84. The molecule has 1 fully saturated rings. The number of hydrogen-bond acceptors (Lipinski definition) is 5. The summed E-state index contributed by atoms with van der Waals surface area (Å²) in [6.45, 7) is 1.24. The zero-order chi connectivity index (χ0) is 22.3. The second-order valence-electron chi connectivity index (χ2n) is 6.95. The highest BCUT2D eigenvalue weighted by atomic mass is 35.5. The number of ether oxygens (including phenoxy) is 2. The number of carbonyl (C=O) groups is 1. The molecule has 0 unspecified atom stereocenters. The highest BCUT2D eigenvalue weighted by Gasteiger charge is 2.31. The zero-order valence-electron chi connectivity index (χ0n) is 17.1. The summed E-state index contributed by atoms with van der Waals surface area (Å²) < 4.78 is 11.9. The molecular formula is C25H20ClNO3S2. The molecule has 0 spiro atoms. The van der Waals surface area contributed by atoms with Gasteiger partial charge in [-0.25, -0.2) is 0 Å². The Morgan fingerprint density at radius 3 is 2.34 bits per heavy atom. The van der Waals surface area contributed by atoms with Crippen molar-refractivity contribution < 1.29 is 14.3 Å². The topological polar surface area (TPSA) is 38.8 Å². The van der Waals surface area contributed by atoms with Crippen LogP contribution in [0, 0.1) is 0 Å². The third-order valence-electron chi connectivity index (χ3n) is 4.66. The van der Waals surface area contributed by atoms with Gasteiger partial charge in [-0.1, -0.05) is 90.2 Å². The van der Waals surface area contributed by atoms with Gasteiger partial charge in [0.25, 0.3) is 5.91 Å². The number of rotatable bonds is 8. The Balaban J connectivity index is 1.36. The van der Waals surface area contributed by atoms with E-state index in [9.17, 15) is 4.79 Å². The van der Waals surface area contributed by atoms with Crippen molar-refractivity contribution >= 4 is 51.9 Å². The number of amides is 1.